The van der Waals surface area contributed by atoms with E-state index in [2.05, 4.69) is 22.3 Å². The zero-order valence-electron chi connectivity index (χ0n) is 13.7. The molecule has 2 aromatic rings. The second-order valence-corrected chi connectivity index (χ2v) is 5.96. The summed E-state index contributed by atoms with van der Waals surface area (Å²) in [5, 5.41) is 7.13. The first-order valence-electron chi connectivity index (χ1n) is 8.24. The van der Waals surface area contributed by atoms with Crippen molar-refractivity contribution in [2.24, 2.45) is 0 Å². The lowest BCUT2D eigenvalue weighted by atomic mass is 10.1. The van der Waals surface area contributed by atoms with Crippen LogP contribution in [0.1, 0.15) is 35.9 Å². The lowest BCUT2D eigenvalue weighted by Gasteiger charge is -2.22. The van der Waals surface area contributed by atoms with Crippen LogP contribution in [0.25, 0.3) is 11.3 Å². The van der Waals surface area contributed by atoms with Gasteiger partial charge in [-0.3, -0.25) is 9.69 Å². The van der Waals surface area contributed by atoms with Gasteiger partial charge in [0.25, 0.3) is 5.91 Å². The van der Waals surface area contributed by atoms with E-state index in [-0.39, 0.29) is 5.91 Å². The number of carbonyl (C=O) groups is 1. The predicted molar refractivity (Wildman–Crippen MR) is 89.3 cm³/mol. The molecule has 122 valence electrons. The van der Waals surface area contributed by atoms with Gasteiger partial charge in [0.2, 0.25) is 0 Å². The van der Waals surface area contributed by atoms with Crippen LogP contribution < -0.4 is 5.32 Å². The molecule has 1 N–H and O–H groups in total. The highest BCUT2D eigenvalue weighted by atomic mass is 16.5. The minimum absolute atomic E-state index is 0.106. The van der Waals surface area contributed by atoms with Gasteiger partial charge in [0, 0.05) is 18.2 Å². The minimum atomic E-state index is -0.106. The summed E-state index contributed by atoms with van der Waals surface area (Å²) in [5.74, 6) is 0.450. The standard InChI is InChI=1S/C18H23N3O2/c1-3-21-11-7-10-15(21)12-19-18(22)16-13(2)23-20-17(16)14-8-5-4-6-9-14/h4-6,8-9,15H,3,7,10-12H2,1-2H3,(H,19,22). The van der Waals surface area contributed by atoms with Crippen LogP contribution in [0.4, 0.5) is 0 Å². The Labute approximate surface area is 136 Å². The molecule has 3 rings (SSSR count). The van der Waals surface area contributed by atoms with Crippen LogP contribution in [0.3, 0.4) is 0 Å². The van der Waals surface area contributed by atoms with Gasteiger partial charge in [0.05, 0.1) is 0 Å². The summed E-state index contributed by atoms with van der Waals surface area (Å²) in [4.78, 5) is 15.1. The molecule has 1 aromatic carbocycles. The SMILES string of the molecule is CCN1CCCC1CNC(=O)c1c(-c2ccccc2)noc1C. The van der Waals surface area contributed by atoms with E-state index in [1.165, 1.54) is 6.42 Å². The minimum Gasteiger partial charge on any atom is -0.360 e. The van der Waals surface area contributed by atoms with Gasteiger partial charge in [0.1, 0.15) is 17.0 Å². The quantitative estimate of drug-likeness (QED) is 0.922. The number of hydrogen-bond donors (Lipinski definition) is 1. The molecule has 23 heavy (non-hydrogen) atoms. The molecule has 1 atom stereocenters. The van der Waals surface area contributed by atoms with Crippen LogP contribution in [-0.2, 0) is 0 Å². The van der Waals surface area contributed by atoms with Gasteiger partial charge in [-0.15, -0.1) is 0 Å². The van der Waals surface area contributed by atoms with Crippen LogP contribution in [0.15, 0.2) is 34.9 Å². The number of aryl methyl sites for hydroxylation is 1. The Balaban J connectivity index is 1.74. The Bertz CT molecular complexity index is 666. The maximum absolute atomic E-state index is 12.6. The maximum Gasteiger partial charge on any atom is 0.257 e. The van der Waals surface area contributed by atoms with Crippen LogP contribution >= 0.6 is 0 Å². The highest BCUT2D eigenvalue weighted by Crippen LogP contribution is 2.25. The van der Waals surface area contributed by atoms with E-state index in [0.29, 0.717) is 29.6 Å². The van der Waals surface area contributed by atoms with Crippen molar-refractivity contribution in [3.63, 3.8) is 0 Å². The smallest absolute Gasteiger partial charge is 0.257 e. The molecule has 1 aliphatic rings. The molecule has 5 nitrogen and oxygen atoms in total. The largest absolute Gasteiger partial charge is 0.360 e. The van der Waals surface area contributed by atoms with Gasteiger partial charge < -0.3 is 9.84 Å². The number of nitrogens with one attached hydrogen (secondary N) is 1. The number of benzene rings is 1. The van der Waals surface area contributed by atoms with Gasteiger partial charge in [-0.05, 0) is 32.9 Å². The molecule has 0 radical (unpaired) electrons. The summed E-state index contributed by atoms with van der Waals surface area (Å²) in [5.41, 5.74) is 2.04. The monoisotopic (exact) mass is 313 g/mol. The summed E-state index contributed by atoms with van der Waals surface area (Å²) >= 11 is 0. The number of rotatable bonds is 5. The molecule has 1 fully saturated rings. The van der Waals surface area contributed by atoms with Crippen LogP contribution in [0, 0.1) is 6.92 Å². The zero-order valence-corrected chi connectivity index (χ0v) is 13.7. The average Bonchev–Trinajstić information content (AvgIpc) is 3.19. The summed E-state index contributed by atoms with van der Waals surface area (Å²) in [6.07, 6.45) is 2.35. The molecule has 0 saturated carbocycles. The number of hydrogen-bond acceptors (Lipinski definition) is 4. The first kappa shape index (κ1) is 15.7. The molecular formula is C18H23N3O2. The van der Waals surface area contributed by atoms with Crippen molar-refractivity contribution in [2.75, 3.05) is 19.6 Å². The molecule has 1 saturated heterocycles. The third-order valence-corrected chi connectivity index (χ3v) is 4.54. The van der Waals surface area contributed by atoms with E-state index < -0.39 is 0 Å². The van der Waals surface area contributed by atoms with Gasteiger partial charge in [-0.1, -0.05) is 42.4 Å². The average molecular weight is 313 g/mol. The fourth-order valence-corrected chi connectivity index (χ4v) is 3.27. The van der Waals surface area contributed by atoms with Gasteiger partial charge in [-0.2, -0.15) is 0 Å². The van der Waals surface area contributed by atoms with E-state index in [9.17, 15) is 4.79 Å². The Hall–Kier alpha value is -2.14. The second kappa shape index (κ2) is 6.96. The number of aromatic nitrogens is 1. The molecule has 0 spiro atoms. The van der Waals surface area contributed by atoms with Crippen molar-refractivity contribution < 1.29 is 9.32 Å². The Kier molecular flexibility index (Phi) is 4.76. The van der Waals surface area contributed by atoms with E-state index in [1.807, 2.05) is 30.3 Å². The fourth-order valence-electron chi connectivity index (χ4n) is 3.27. The topological polar surface area (TPSA) is 58.4 Å². The second-order valence-electron chi connectivity index (χ2n) is 5.96. The van der Waals surface area contributed by atoms with Crippen molar-refractivity contribution in [3.05, 3.63) is 41.7 Å². The molecule has 2 heterocycles. The van der Waals surface area contributed by atoms with Crippen molar-refractivity contribution in [1.29, 1.82) is 0 Å². The van der Waals surface area contributed by atoms with E-state index in [1.54, 1.807) is 6.92 Å². The van der Waals surface area contributed by atoms with Crippen molar-refractivity contribution in [2.45, 2.75) is 32.7 Å². The number of carbonyl (C=O) groups excluding carboxylic acids is 1. The lowest BCUT2D eigenvalue weighted by molar-refractivity contribution is 0.0940. The number of likely N-dealkylation sites (N-methyl/N-ethyl adjacent to an activating group) is 1. The first-order valence-corrected chi connectivity index (χ1v) is 8.24. The van der Waals surface area contributed by atoms with Crippen molar-refractivity contribution >= 4 is 5.91 Å². The first-order chi connectivity index (χ1) is 11.2. The number of likely N-dealkylation sites (tertiary alicyclic amines) is 1. The summed E-state index contributed by atoms with van der Waals surface area (Å²) in [6.45, 7) is 6.77. The summed E-state index contributed by atoms with van der Waals surface area (Å²) in [6, 6.07) is 10.1. The highest BCUT2D eigenvalue weighted by molar-refractivity contribution is 6.00. The van der Waals surface area contributed by atoms with Gasteiger partial charge in [-0.25, -0.2) is 0 Å². The van der Waals surface area contributed by atoms with E-state index >= 15 is 0 Å². The van der Waals surface area contributed by atoms with Crippen LogP contribution in [0.2, 0.25) is 0 Å². The number of nitrogens with zero attached hydrogens (tertiary/aromatic N) is 2. The van der Waals surface area contributed by atoms with Crippen LogP contribution in [-0.4, -0.2) is 41.6 Å². The fraction of sp³-hybridized carbons (Fsp3) is 0.444. The Morgan fingerprint density at radius 1 is 1.39 bits per heavy atom. The Morgan fingerprint density at radius 3 is 2.91 bits per heavy atom. The third-order valence-electron chi connectivity index (χ3n) is 4.54. The molecule has 5 heteroatoms. The molecule has 0 bridgehead atoms. The molecule has 0 aliphatic carbocycles. The van der Waals surface area contributed by atoms with Gasteiger partial charge >= 0.3 is 0 Å². The molecule has 1 unspecified atom stereocenters. The number of amides is 1. The highest BCUT2D eigenvalue weighted by Gasteiger charge is 2.26. The molecular weight excluding hydrogens is 290 g/mol. The van der Waals surface area contributed by atoms with Crippen molar-refractivity contribution in [1.82, 2.24) is 15.4 Å². The predicted octanol–water partition coefficient (Wildman–Crippen LogP) is 2.86. The lowest BCUT2D eigenvalue weighted by Crippen LogP contribution is -2.40. The van der Waals surface area contributed by atoms with E-state index in [4.69, 9.17) is 4.52 Å². The molecule has 1 amide bonds. The van der Waals surface area contributed by atoms with Gasteiger partial charge in [0.15, 0.2) is 0 Å². The Morgan fingerprint density at radius 2 is 2.17 bits per heavy atom. The normalized spacial score (nSPS) is 18.3. The van der Waals surface area contributed by atoms with Crippen LogP contribution in [0.5, 0.6) is 0 Å². The van der Waals surface area contributed by atoms with E-state index in [0.717, 1.165) is 25.1 Å². The zero-order chi connectivity index (χ0) is 16.2. The maximum atomic E-state index is 12.6. The summed E-state index contributed by atoms with van der Waals surface area (Å²) in [7, 11) is 0. The summed E-state index contributed by atoms with van der Waals surface area (Å²) < 4.78 is 5.26. The van der Waals surface area contributed by atoms with Crippen molar-refractivity contribution in [3.8, 4) is 11.3 Å². The third kappa shape index (κ3) is 3.29. The molecule has 1 aliphatic heterocycles. The molecule has 1 aromatic heterocycles.